The Kier molecular flexibility index (Phi) is 5.03. The Morgan fingerprint density at radius 2 is 1.62 bits per heavy atom. The van der Waals surface area contributed by atoms with E-state index in [1.165, 1.54) is 0 Å². The van der Waals surface area contributed by atoms with Gasteiger partial charge in [-0.05, 0) is 77.9 Å². The minimum atomic E-state index is -0.507. The number of carbonyl (C=O) groups is 2. The summed E-state index contributed by atoms with van der Waals surface area (Å²) < 4.78 is 1.07. The summed E-state index contributed by atoms with van der Waals surface area (Å²) in [4.78, 5) is 26.2. The lowest BCUT2D eigenvalue weighted by molar-refractivity contribution is 0.0996. The second kappa shape index (κ2) is 7.21. The van der Waals surface area contributed by atoms with Crippen molar-refractivity contribution in [2.45, 2.75) is 12.8 Å². The molecule has 2 amide bonds. The summed E-state index contributed by atoms with van der Waals surface area (Å²) in [5.74, 6) is -0.707. The number of nitrogens with two attached hydrogens (primary N) is 1. The number of carbonyl (C=O) groups excluding carboxylic acids is 2. The number of hydrogen-bond acceptors (Lipinski definition) is 3. The Balaban J connectivity index is 1.91. The first-order chi connectivity index (χ1) is 11.5. The summed E-state index contributed by atoms with van der Waals surface area (Å²) in [7, 11) is 0. The van der Waals surface area contributed by atoms with Gasteiger partial charge in [-0.3, -0.25) is 9.59 Å². The third-order valence-electron chi connectivity index (χ3n) is 4.08. The molecule has 1 saturated heterocycles. The van der Waals surface area contributed by atoms with Crippen LogP contribution in [0.15, 0.2) is 42.5 Å². The van der Waals surface area contributed by atoms with Gasteiger partial charge in [0.05, 0.1) is 11.4 Å². The molecule has 0 spiro atoms. The van der Waals surface area contributed by atoms with Gasteiger partial charge in [-0.2, -0.15) is 0 Å². The van der Waals surface area contributed by atoms with Gasteiger partial charge in [0.15, 0.2) is 0 Å². The van der Waals surface area contributed by atoms with E-state index < -0.39 is 5.91 Å². The van der Waals surface area contributed by atoms with Gasteiger partial charge in [0.2, 0.25) is 5.91 Å². The van der Waals surface area contributed by atoms with Crippen molar-refractivity contribution in [1.82, 2.24) is 0 Å². The predicted molar refractivity (Wildman–Crippen MR) is 104 cm³/mol. The maximum absolute atomic E-state index is 12.5. The van der Waals surface area contributed by atoms with Gasteiger partial charge in [0, 0.05) is 27.8 Å². The standard InChI is InChI=1S/C18H18IN3O2/c19-14-6-3-12(4-7-14)18(24)21-15-11-13(17(20)23)5-8-16(15)22-9-1-2-10-22/h3-8,11H,1-2,9-10H2,(H2,20,23)(H,21,24). The monoisotopic (exact) mass is 435 g/mol. The van der Waals surface area contributed by atoms with Crippen LogP contribution in [0.4, 0.5) is 11.4 Å². The highest BCUT2D eigenvalue weighted by Crippen LogP contribution is 2.30. The number of hydrogen-bond donors (Lipinski definition) is 2. The summed E-state index contributed by atoms with van der Waals surface area (Å²) in [6, 6.07) is 12.6. The van der Waals surface area contributed by atoms with Crippen molar-refractivity contribution in [3.05, 3.63) is 57.2 Å². The SMILES string of the molecule is NC(=O)c1ccc(N2CCCC2)c(NC(=O)c2ccc(I)cc2)c1. The first-order valence-electron chi connectivity index (χ1n) is 7.80. The quantitative estimate of drug-likeness (QED) is 0.725. The summed E-state index contributed by atoms with van der Waals surface area (Å²) in [6.45, 7) is 1.89. The molecule has 24 heavy (non-hydrogen) atoms. The van der Waals surface area contributed by atoms with Gasteiger partial charge in [0.25, 0.3) is 5.91 Å². The van der Waals surface area contributed by atoms with Crippen LogP contribution in [0.25, 0.3) is 0 Å². The van der Waals surface area contributed by atoms with Crippen LogP contribution in [0, 0.1) is 3.57 Å². The molecule has 2 aromatic rings. The van der Waals surface area contributed by atoms with Crippen LogP contribution < -0.4 is 16.0 Å². The average molecular weight is 435 g/mol. The number of nitrogens with zero attached hydrogens (tertiary/aromatic N) is 1. The maximum Gasteiger partial charge on any atom is 0.255 e. The summed E-state index contributed by atoms with van der Waals surface area (Å²) in [5.41, 5.74) is 7.89. The lowest BCUT2D eigenvalue weighted by Crippen LogP contribution is -2.22. The third kappa shape index (κ3) is 3.69. The molecule has 1 aliphatic rings. The van der Waals surface area contributed by atoms with E-state index in [1.807, 2.05) is 18.2 Å². The minimum absolute atomic E-state index is 0.200. The van der Waals surface area contributed by atoms with Crippen molar-refractivity contribution >= 4 is 45.8 Å². The van der Waals surface area contributed by atoms with Crippen LogP contribution in [0.3, 0.4) is 0 Å². The molecule has 3 N–H and O–H groups in total. The zero-order chi connectivity index (χ0) is 17.1. The topological polar surface area (TPSA) is 75.4 Å². The molecule has 0 aliphatic carbocycles. The molecule has 1 aliphatic heterocycles. The smallest absolute Gasteiger partial charge is 0.255 e. The molecule has 0 unspecified atom stereocenters. The lowest BCUT2D eigenvalue weighted by atomic mass is 10.1. The van der Waals surface area contributed by atoms with Crippen LogP contribution in [0.1, 0.15) is 33.6 Å². The Hall–Kier alpha value is -2.09. The molecular weight excluding hydrogens is 417 g/mol. The van der Waals surface area contributed by atoms with Crippen molar-refractivity contribution in [2.24, 2.45) is 5.73 Å². The van der Waals surface area contributed by atoms with Crippen LogP contribution in [0.2, 0.25) is 0 Å². The summed E-state index contributed by atoms with van der Waals surface area (Å²) >= 11 is 2.20. The molecule has 0 bridgehead atoms. The van der Waals surface area contributed by atoms with Crippen molar-refractivity contribution in [3.63, 3.8) is 0 Å². The van der Waals surface area contributed by atoms with Gasteiger partial charge in [-0.15, -0.1) is 0 Å². The Morgan fingerprint density at radius 1 is 1.00 bits per heavy atom. The number of rotatable bonds is 4. The Labute approximate surface area is 154 Å². The molecule has 1 heterocycles. The van der Waals surface area contributed by atoms with Crippen LogP contribution >= 0.6 is 22.6 Å². The zero-order valence-electron chi connectivity index (χ0n) is 13.1. The molecule has 124 valence electrons. The molecule has 0 saturated carbocycles. The molecule has 0 radical (unpaired) electrons. The highest BCUT2D eigenvalue weighted by Gasteiger charge is 2.18. The first-order valence-corrected chi connectivity index (χ1v) is 8.88. The number of amides is 2. The third-order valence-corrected chi connectivity index (χ3v) is 4.80. The van der Waals surface area contributed by atoms with Crippen molar-refractivity contribution < 1.29 is 9.59 Å². The molecule has 6 heteroatoms. The number of halogens is 1. The van der Waals surface area contributed by atoms with Crippen LogP contribution in [-0.2, 0) is 0 Å². The van der Waals surface area contributed by atoms with Gasteiger partial charge in [-0.25, -0.2) is 0 Å². The summed E-state index contributed by atoms with van der Waals surface area (Å²) in [5, 5.41) is 2.93. The fraction of sp³-hybridized carbons (Fsp3) is 0.222. The first kappa shape index (κ1) is 16.8. The number of benzene rings is 2. The fourth-order valence-corrected chi connectivity index (χ4v) is 3.18. The zero-order valence-corrected chi connectivity index (χ0v) is 15.2. The lowest BCUT2D eigenvalue weighted by Gasteiger charge is -2.22. The molecule has 2 aromatic carbocycles. The van der Waals surface area contributed by atoms with E-state index in [2.05, 4.69) is 32.8 Å². The Bertz CT molecular complexity index is 768. The number of primary amides is 1. The highest BCUT2D eigenvalue weighted by molar-refractivity contribution is 14.1. The van der Waals surface area contributed by atoms with E-state index in [4.69, 9.17) is 5.73 Å². The van der Waals surface area contributed by atoms with Crippen LogP contribution in [-0.4, -0.2) is 24.9 Å². The molecule has 1 fully saturated rings. The second-order valence-electron chi connectivity index (χ2n) is 5.75. The van der Waals surface area contributed by atoms with E-state index in [0.29, 0.717) is 16.8 Å². The number of nitrogens with one attached hydrogen (secondary N) is 1. The second-order valence-corrected chi connectivity index (χ2v) is 7.00. The van der Waals surface area contributed by atoms with Crippen molar-refractivity contribution in [2.75, 3.05) is 23.3 Å². The van der Waals surface area contributed by atoms with Gasteiger partial charge in [0.1, 0.15) is 0 Å². The molecule has 0 atom stereocenters. The van der Waals surface area contributed by atoms with E-state index >= 15 is 0 Å². The van der Waals surface area contributed by atoms with Crippen molar-refractivity contribution in [3.8, 4) is 0 Å². The van der Waals surface area contributed by atoms with E-state index in [9.17, 15) is 9.59 Å². The summed E-state index contributed by atoms with van der Waals surface area (Å²) in [6.07, 6.45) is 2.25. The maximum atomic E-state index is 12.5. The Morgan fingerprint density at radius 3 is 2.25 bits per heavy atom. The molecule has 5 nitrogen and oxygen atoms in total. The fourth-order valence-electron chi connectivity index (χ4n) is 2.82. The molecular formula is C18H18IN3O2. The normalized spacial score (nSPS) is 13.8. The van der Waals surface area contributed by atoms with Gasteiger partial charge < -0.3 is 16.0 Å². The highest BCUT2D eigenvalue weighted by atomic mass is 127. The van der Waals surface area contributed by atoms with Crippen molar-refractivity contribution in [1.29, 1.82) is 0 Å². The number of anilines is 2. The van der Waals surface area contributed by atoms with E-state index in [0.717, 1.165) is 35.2 Å². The van der Waals surface area contributed by atoms with Gasteiger partial charge >= 0.3 is 0 Å². The van der Waals surface area contributed by atoms with Gasteiger partial charge in [-0.1, -0.05) is 0 Å². The van der Waals surface area contributed by atoms with E-state index in [1.54, 1.807) is 24.3 Å². The minimum Gasteiger partial charge on any atom is -0.370 e. The van der Waals surface area contributed by atoms with E-state index in [-0.39, 0.29) is 5.91 Å². The predicted octanol–water partition coefficient (Wildman–Crippen LogP) is 3.24. The molecule has 0 aromatic heterocycles. The van der Waals surface area contributed by atoms with Crippen LogP contribution in [0.5, 0.6) is 0 Å². The average Bonchev–Trinajstić information content (AvgIpc) is 3.09. The largest absolute Gasteiger partial charge is 0.370 e. The molecule has 3 rings (SSSR count).